The van der Waals surface area contributed by atoms with Crippen LogP contribution in [0.2, 0.25) is 0 Å². The Kier molecular flexibility index (Phi) is 4.08. The highest BCUT2D eigenvalue weighted by Gasteiger charge is 2.16. The van der Waals surface area contributed by atoms with Gasteiger partial charge in [-0.15, -0.1) is 0 Å². The monoisotopic (exact) mass is 308 g/mol. The number of carbonyl (C=O) groups is 1. The van der Waals surface area contributed by atoms with Gasteiger partial charge in [-0.05, 0) is 30.7 Å². The number of aliphatic carboxylic acids is 1. The van der Waals surface area contributed by atoms with Crippen molar-refractivity contribution >= 4 is 28.1 Å². The van der Waals surface area contributed by atoms with E-state index in [1.807, 2.05) is 0 Å². The number of carboxylic acids is 1. The van der Waals surface area contributed by atoms with Gasteiger partial charge in [0.25, 0.3) is 10.0 Å². The van der Waals surface area contributed by atoms with Gasteiger partial charge in [0, 0.05) is 6.08 Å². The molecule has 2 aromatic rings. The highest BCUT2D eigenvalue weighted by molar-refractivity contribution is 7.92. The SMILES string of the molecule is Cc1coc(NS(=O)(=O)c2ccc(/C=C/C(=O)O)cc2)n1. The van der Waals surface area contributed by atoms with Crippen molar-refractivity contribution in [1.82, 2.24) is 4.98 Å². The van der Waals surface area contributed by atoms with Crippen molar-refractivity contribution in [2.75, 3.05) is 4.72 Å². The summed E-state index contributed by atoms with van der Waals surface area (Å²) in [7, 11) is -3.79. The van der Waals surface area contributed by atoms with Gasteiger partial charge in [0.1, 0.15) is 6.26 Å². The minimum absolute atomic E-state index is 0.0193. The Hall–Kier alpha value is -2.61. The van der Waals surface area contributed by atoms with E-state index in [1.54, 1.807) is 6.92 Å². The Bertz CT molecular complexity index is 775. The molecule has 0 saturated heterocycles. The van der Waals surface area contributed by atoms with Crippen LogP contribution < -0.4 is 4.72 Å². The summed E-state index contributed by atoms with van der Waals surface area (Å²) < 4.78 is 31.3. The van der Waals surface area contributed by atoms with E-state index >= 15 is 0 Å². The molecule has 2 N–H and O–H groups in total. The zero-order valence-corrected chi connectivity index (χ0v) is 11.8. The fourth-order valence-electron chi connectivity index (χ4n) is 1.50. The molecule has 0 saturated carbocycles. The molecule has 2 rings (SSSR count). The average molecular weight is 308 g/mol. The maximum Gasteiger partial charge on any atom is 0.328 e. The normalized spacial score (nSPS) is 11.7. The number of benzene rings is 1. The Balaban J connectivity index is 2.19. The van der Waals surface area contributed by atoms with E-state index in [4.69, 9.17) is 9.52 Å². The zero-order valence-electron chi connectivity index (χ0n) is 11.0. The van der Waals surface area contributed by atoms with Gasteiger partial charge < -0.3 is 9.52 Å². The molecular weight excluding hydrogens is 296 g/mol. The molecule has 1 heterocycles. The van der Waals surface area contributed by atoms with Crippen molar-refractivity contribution < 1.29 is 22.7 Å². The van der Waals surface area contributed by atoms with Crippen LogP contribution in [0.4, 0.5) is 6.01 Å². The standard InChI is InChI=1S/C13H12N2O5S/c1-9-8-20-13(14-9)15-21(18,19)11-5-2-10(3-6-11)4-7-12(16)17/h2-8H,1H3,(H,14,15)(H,16,17)/b7-4+. The van der Waals surface area contributed by atoms with Gasteiger partial charge in [-0.2, -0.15) is 4.98 Å². The fraction of sp³-hybridized carbons (Fsp3) is 0.0769. The summed E-state index contributed by atoms with van der Waals surface area (Å²) in [6.07, 6.45) is 3.67. The number of hydrogen-bond donors (Lipinski definition) is 2. The van der Waals surface area contributed by atoms with Gasteiger partial charge in [0.2, 0.25) is 0 Å². The predicted molar refractivity (Wildman–Crippen MR) is 75.2 cm³/mol. The summed E-state index contributed by atoms with van der Waals surface area (Å²) >= 11 is 0. The third-order valence-corrected chi connectivity index (χ3v) is 3.79. The lowest BCUT2D eigenvalue weighted by molar-refractivity contribution is -0.131. The van der Waals surface area contributed by atoms with Crippen LogP contribution >= 0.6 is 0 Å². The molecule has 0 bridgehead atoms. The maximum atomic E-state index is 12.1. The van der Waals surface area contributed by atoms with Gasteiger partial charge in [-0.3, -0.25) is 0 Å². The topological polar surface area (TPSA) is 110 Å². The highest BCUT2D eigenvalue weighted by atomic mass is 32.2. The summed E-state index contributed by atoms with van der Waals surface area (Å²) in [5.41, 5.74) is 1.13. The quantitative estimate of drug-likeness (QED) is 0.816. The van der Waals surface area contributed by atoms with Crippen LogP contribution in [0.3, 0.4) is 0 Å². The first-order valence-electron chi connectivity index (χ1n) is 5.83. The first-order chi connectivity index (χ1) is 9.87. The number of anilines is 1. The van der Waals surface area contributed by atoms with E-state index in [2.05, 4.69) is 9.71 Å². The minimum atomic E-state index is -3.79. The van der Waals surface area contributed by atoms with Crippen molar-refractivity contribution in [2.45, 2.75) is 11.8 Å². The van der Waals surface area contributed by atoms with Crippen LogP contribution in [0.1, 0.15) is 11.3 Å². The van der Waals surface area contributed by atoms with Gasteiger partial charge in [0.05, 0.1) is 10.6 Å². The number of nitrogens with one attached hydrogen (secondary N) is 1. The Labute approximate surface area is 121 Å². The third kappa shape index (κ3) is 3.93. The summed E-state index contributed by atoms with van der Waals surface area (Å²) in [6, 6.07) is 5.60. The molecule has 7 nitrogen and oxygen atoms in total. The molecule has 0 amide bonds. The van der Waals surface area contributed by atoms with E-state index in [0.29, 0.717) is 11.3 Å². The molecule has 0 radical (unpaired) electrons. The number of aryl methyl sites for hydroxylation is 1. The van der Waals surface area contributed by atoms with Crippen LogP contribution in [-0.4, -0.2) is 24.5 Å². The molecule has 0 aliphatic heterocycles. The minimum Gasteiger partial charge on any atom is -0.478 e. The maximum absolute atomic E-state index is 12.1. The van der Waals surface area contributed by atoms with Gasteiger partial charge in [0.15, 0.2) is 0 Å². The summed E-state index contributed by atoms with van der Waals surface area (Å²) in [6.45, 7) is 1.67. The number of carboxylic acid groups (broad SMARTS) is 1. The van der Waals surface area contributed by atoms with Crippen molar-refractivity contribution in [3.63, 3.8) is 0 Å². The molecular formula is C13H12N2O5S. The van der Waals surface area contributed by atoms with Crippen molar-refractivity contribution in [3.05, 3.63) is 47.9 Å². The predicted octanol–water partition coefficient (Wildman–Crippen LogP) is 1.88. The molecule has 0 fully saturated rings. The summed E-state index contributed by atoms with van der Waals surface area (Å²) in [5, 5.41) is 8.51. The Morgan fingerprint density at radius 3 is 2.52 bits per heavy atom. The van der Waals surface area contributed by atoms with Crippen LogP contribution in [0.25, 0.3) is 6.08 Å². The van der Waals surface area contributed by atoms with E-state index in [-0.39, 0.29) is 10.9 Å². The van der Waals surface area contributed by atoms with Crippen molar-refractivity contribution in [1.29, 1.82) is 0 Å². The molecule has 0 spiro atoms. The molecule has 8 heteroatoms. The average Bonchev–Trinajstić information content (AvgIpc) is 2.81. The van der Waals surface area contributed by atoms with E-state index in [9.17, 15) is 13.2 Å². The Morgan fingerprint density at radius 1 is 1.33 bits per heavy atom. The van der Waals surface area contributed by atoms with Crippen LogP contribution in [0, 0.1) is 6.92 Å². The number of rotatable bonds is 5. The Morgan fingerprint density at radius 2 is 2.00 bits per heavy atom. The first-order valence-corrected chi connectivity index (χ1v) is 7.31. The second kappa shape index (κ2) is 5.80. The molecule has 110 valence electrons. The van der Waals surface area contributed by atoms with Gasteiger partial charge in [-0.1, -0.05) is 12.1 Å². The van der Waals surface area contributed by atoms with Gasteiger partial charge >= 0.3 is 12.0 Å². The van der Waals surface area contributed by atoms with Crippen LogP contribution in [-0.2, 0) is 14.8 Å². The number of hydrogen-bond acceptors (Lipinski definition) is 5. The second-order valence-electron chi connectivity index (χ2n) is 4.14. The lowest BCUT2D eigenvalue weighted by Crippen LogP contribution is -2.13. The molecule has 1 aromatic heterocycles. The lowest BCUT2D eigenvalue weighted by Gasteiger charge is -2.04. The number of aromatic nitrogens is 1. The molecule has 0 atom stereocenters. The summed E-state index contributed by atoms with van der Waals surface area (Å²) in [5.74, 6) is -1.08. The third-order valence-electron chi connectivity index (χ3n) is 2.45. The molecule has 0 aliphatic carbocycles. The molecule has 0 aliphatic rings. The molecule has 21 heavy (non-hydrogen) atoms. The van der Waals surface area contributed by atoms with Crippen LogP contribution in [0.5, 0.6) is 0 Å². The van der Waals surface area contributed by atoms with Crippen LogP contribution in [0.15, 0.2) is 45.9 Å². The first kappa shape index (κ1) is 14.8. The zero-order chi connectivity index (χ0) is 15.5. The largest absolute Gasteiger partial charge is 0.478 e. The molecule has 0 unspecified atom stereocenters. The van der Waals surface area contributed by atoms with Crippen molar-refractivity contribution in [2.24, 2.45) is 0 Å². The second-order valence-corrected chi connectivity index (χ2v) is 5.82. The smallest absolute Gasteiger partial charge is 0.328 e. The van der Waals surface area contributed by atoms with Gasteiger partial charge in [-0.25, -0.2) is 17.9 Å². The van der Waals surface area contributed by atoms with E-state index < -0.39 is 16.0 Å². The summed E-state index contributed by atoms with van der Waals surface area (Å²) in [4.78, 5) is 14.3. The number of sulfonamides is 1. The van der Waals surface area contributed by atoms with E-state index in [0.717, 1.165) is 6.08 Å². The molecule has 1 aromatic carbocycles. The van der Waals surface area contributed by atoms with Crippen molar-refractivity contribution in [3.8, 4) is 0 Å². The van der Waals surface area contributed by atoms with E-state index in [1.165, 1.54) is 36.6 Å². The number of nitrogens with zero attached hydrogens (tertiary/aromatic N) is 1. The lowest BCUT2D eigenvalue weighted by atomic mass is 10.2. The number of oxazole rings is 1. The highest BCUT2D eigenvalue weighted by Crippen LogP contribution is 2.16. The fourth-order valence-corrected chi connectivity index (χ4v) is 2.44.